The van der Waals surface area contributed by atoms with Gasteiger partial charge in [0.25, 0.3) is 0 Å². The van der Waals surface area contributed by atoms with Crippen LogP contribution in [0, 0.1) is 0 Å². The Labute approximate surface area is 117 Å². The van der Waals surface area contributed by atoms with Crippen LogP contribution in [-0.2, 0) is 0 Å². The number of hydrogen-bond donors (Lipinski definition) is 2. The van der Waals surface area contributed by atoms with Crippen molar-refractivity contribution in [2.75, 3.05) is 11.1 Å². The maximum absolute atomic E-state index is 5.99. The molecular formula is C14H14Cl2N2. The molecule has 94 valence electrons. The molecule has 2 nitrogen and oxygen atoms in total. The van der Waals surface area contributed by atoms with Gasteiger partial charge < -0.3 is 11.1 Å². The van der Waals surface area contributed by atoms with E-state index in [1.807, 2.05) is 18.2 Å². The summed E-state index contributed by atoms with van der Waals surface area (Å²) in [6, 6.07) is 13.7. The highest BCUT2D eigenvalue weighted by Crippen LogP contribution is 2.32. The second kappa shape index (κ2) is 5.51. The highest BCUT2D eigenvalue weighted by Gasteiger charge is 2.09. The second-order valence-electron chi connectivity index (χ2n) is 4.13. The Bertz CT molecular complexity index is 541. The van der Waals surface area contributed by atoms with E-state index in [9.17, 15) is 0 Å². The molecule has 1 atom stereocenters. The van der Waals surface area contributed by atoms with E-state index in [-0.39, 0.29) is 6.04 Å². The average Bonchev–Trinajstić information content (AvgIpc) is 2.37. The van der Waals surface area contributed by atoms with Gasteiger partial charge in [-0.25, -0.2) is 0 Å². The predicted molar refractivity (Wildman–Crippen MR) is 79.4 cm³/mol. The first-order chi connectivity index (χ1) is 8.58. The molecule has 0 saturated heterocycles. The van der Waals surface area contributed by atoms with Crippen LogP contribution in [0.25, 0.3) is 0 Å². The van der Waals surface area contributed by atoms with Gasteiger partial charge in [-0.3, -0.25) is 0 Å². The standard InChI is InChI=1S/C14H14Cl2N2/c1-9(10-5-3-2-4-6-10)18-14-8-12(16)11(15)7-13(14)17/h2-9,18H,17H2,1H3. The molecular weight excluding hydrogens is 267 g/mol. The molecule has 0 aromatic heterocycles. The van der Waals surface area contributed by atoms with Crippen molar-refractivity contribution in [2.45, 2.75) is 13.0 Å². The number of nitrogens with one attached hydrogen (secondary N) is 1. The van der Waals surface area contributed by atoms with Crippen LogP contribution in [0.5, 0.6) is 0 Å². The average molecular weight is 281 g/mol. The van der Waals surface area contributed by atoms with Gasteiger partial charge in [0, 0.05) is 6.04 Å². The quantitative estimate of drug-likeness (QED) is 0.797. The van der Waals surface area contributed by atoms with E-state index in [4.69, 9.17) is 28.9 Å². The Kier molecular flexibility index (Phi) is 4.00. The van der Waals surface area contributed by atoms with Crippen LogP contribution in [-0.4, -0.2) is 0 Å². The largest absolute Gasteiger partial charge is 0.397 e. The first-order valence-corrected chi connectivity index (χ1v) is 6.39. The lowest BCUT2D eigenvalue weighted by Crippen LogP contribution is -2.08. The summed E-state index contributed by atoms with van der Waals surface area (Å²) in [5.74, 6) is 0. The summed E-state index contributed by atoms with van der Waals surface area (Å²) in [6.45, 7) is 2.07. The van der Waals surface area contributed by atoms with Crippen molar-refractivity contribution in [2.24, 2.45) is 0 Å². The Morgan fingerprint density at radius 2 is 1.67 bits per heavy atom. The number of halogens is 2. The number of nitrogens with two attached hydrogens (primary N) is 1. The molecule has 0 heterocycles. The third-order valence-electron chi connectivity index (χ3n) is 2.76. The van der Waals surface area contributed by atoms with E-state index in [1.54, 1.807) is 12.1 Å². The highest BCUT2D eigenvalue weighted by atomic mass is 35.5. The van der Waals surface area contributed by atoms with Crippen LogP contribution in [0.1, 0.15) is 18.5 Å². The van der Waals surface area contributed by atoms with Gasteiger partial charge in [0.2, 0.25) is 0 Å². The summed E-state index contributed by atoms with van der Waals surface area (Å²) < 4.78 is 0. The fourth-order valence-electron chi connectivity index (χ4n) is 1.75. The van der Waals surface area contributed by atoms with Crippen LogP contribution >= 0.6 is 23.2 Å². The lowest BCUT2D eigenvalue weighted by molar-refractivity contribution is 0.885. The summed E-state index contributed by atoms with van der Waals surface area (Å²) in [7, 11) is 0. The molecule has 0 fully saturated rings. The normalized spacial score (nSPS) is 12.2. The first kappa shape index (κ1) is 13.1. The summed E-state index contributed by atoms with van der Waals surface area (Å²) in [5.41, 5.74) is 8.48. The fourth-order valence-corrected chi connectivity index (χ4v) is 2.08. The van der Waals surface area contributed by atoms with Crippen molar-refractivity contribution >= 4 is 34.6 Å². The van der Waals surface area contributed by atoms with Crippen LogP contribution in [0.2, 0.25) is 10.0 Å². The second-order valence-corrected chi connectivity index (χ2v) is 4.94. The van der Waals surface area contributed by atoms with Gasteiger partial charge in [0.15, 0.2) is 0 Å². The minimum absolute atomic E-state index is 0.144. The molecule has 1 unspecified atom stereocenters. The van der Waals surface area contributed by atoms with Gasteiger partial charge in [0.1, 0.15) is 0 Å². The monoisotopic (exact) mass is 280 g/mol. The number of anilines is 2. The van der Waals surface area contributed by atoms with Crippen molar-refractivity contribution in [1.29, 1.82) is 0 Å². The Morgan fingerprint density at radius 1 is 1.06 bits per heavy atom. The number of nitrogen functional groups attached to an aromatic ring is 1. The zero-order chi connectivity index (χ0) is 13.1. The van der Waals surface area contributed by atoms with E-state index in [1.165, 1.54) is 5.56 Å². The zero-order valence-corrected chi connectivity index (χ0v) is 11.5. The number of benzene rings is 2. The van der Waals surface area contributed by atoms with E-state index in [0.29, 0.717) is 15.7 Å². The molecule has 2 aromatic carbocycles. The Balaban J connectivity index is 2.22. The molecule has 0 bridgehead atoms. The third-order valence-corrected chi connectivity index (χ3v) is 3.49. The van der Waals surface area contributed by atoms with Gasteiger partial charge in [-0.05, 0) is 24.6 Å². The molecule has 0 aliphatic carbocycles. The molecule has 0 aliphatic rings. The van der Waals surface area contributed by atoms with E-state index in [2.05, 4.69) is 24.4 Å². The van der Waals surface area contributed by atoms with Crippen molar-refractivity contribution in [1.82, 2.24) is 0 Å². The minimum Gasteiger partial charge on any atom is -0.397 e. The van der Waals surface area contributed by atoms with Crippen molar-refractivity contribution in [3.63, 3.8) is 0 Å². The number of hydrogen-bond acceptors (Lipinski definition) is 2. The van der Waals surface area contributed by atoms with Crippen molar-refractivity contribution in [3.8, 4) is 0 Å². The van der Waals surface area contributed by atoms with E-state index >= 15 is 0 Å². The Hall–Kier alpha value is -1.38. The lowest BCUT2D eigenvalue weighted by atomic mass is 10.1. The maximum atomic E-state index is 5.99. The first-order valence-electron chi connectivity index (χ1n) is 5.64. The predicted octanol–water partition coefficient (Wildman–Crippen LogP) is 4.75. The molecule has 3 N–H and O–H groups in total. The summed E-state index contributed by atoms with van der Waals surface area (Å²) in [5, 5.41) is 4.29. The molecule has 0 saturated carbocycles. The van der Waals surface area contributed by atoms with Gasteiger partial charge in [-0.15, -0.1) is 0 Å². The van der Waals surface area contributed by atoms with Gasteiger partial charge in [-0.1, -0.05) is 53.5 Å². The molecule has 0 aliphatic heterocycles. The summed E-state index contributed by atoms with van der Waals surface area (Å²) in [4.78, 5) is 0. The van der Waals surface area contributed by atoms with Crippen LogP contribution in [0.15, 0.2) is 42.5 Å². The van der Waals surface area contributed by atoms with Gasteiger partial charge >= 0.3 is 0 Å². The SMILES string of the molecule is CC(Nc1cc(Cl)c(Cl)cc1N)c1ccccc1. The van der Waals surface area contributed by atoms with Crippen LogP contribution in [0.4, 0.5) is 11.4 Å². The number of rotatable bonds is 3. The summed E-state index contributed by atoms with van der Waals surface area (Å²) in [6.07, 6.45) is 0. The maximum Gasteiger partial charge on any atom is 0.0614 e. The van der Waals surface area contributed by atoms with E-state index in [0.717, 1.165) is 5.69 Å². The van der Waals surface area contributed by atoms with Gasteiger partial charge in [0.05, 0.1) is 21.4 Å². The van der Waals surface area contributed by atoms with Crippen LogP contribution in [0.3, 0.4) is 0 Å². The molecule has 0 radical (unpaired) electrons. The molecule has 2 aromatic rings. The Morgan fingerprint density at radius 3 is 2.33 bits per heavy atom. The lowest BCUT2D eigenvalue weighted by Gasteiger charge is -2.17. The minimum atomic E-state index is 0.144. The van der Waals surface area contributed by atoms with E-state index < -0.39 is 0 Å². The molecule has 18 heavy (non-hydrogen) atoms. The smallest absolute Gasteiger partial charge is 0.0614 e. The van der Waals surface area contributed by atoms with Crippen molar-refractivity contribution in [3.05, 3.63) is 58.1 Å². The van der Waals surface area contributed by atoms with Crippen LogP contribution < -0.4 is 11.1 Å². The molecule has 2 rings (SSSR count). The van der Waals surface area contributed by atoms with Gasteiger partial charge in [-0.2, -0.15) is 0 Å². The molecule has 4 heteroatoms. The molecule has 0 amide bonds. The molecule has 0 spiro atoms. The topological polar surface area (TPSA) is 38.0 Å². The summed E-state index contributed by atoms with van der Waals surface area (Å²) >= 11 is 11.9. The third kappa shape index (κ3) is 2.89. The zero-order valence-electron chi connectivity index (χ0n) is 9.95. The van der Waals surface area contributed by atoms with Crippen molar-refractivity contribution < 1.29 is 0 Å². The fraction of sp³-hybridized carbons (Fsp3) is 0.143. The highest BCUT2D eigenvalue weighted by molar-refractivity contribution is 6.42.